The molecular formula is C16H29NO. The number of aliphatic imine (C=N–C) groups is 1. The van der Waals surface area contributed by atoms with Crippen LogP contribution in [0.1, 0.15) is 65.7 Å². The molecular weight excluding hydrogens is 222 g/mol. The second-order valence-corrected chi connectivity index (χ2v) is 5.95. The first-order valence-electron chi connectivity index (χ1n) is 7.39. The summed E-state index contributed by atoms with van der Waals surface area (Å²) >= 11 is 0. The van der Waals surface area contributed by atoms with E-state index in [0.717, 1.165) is 37.9 Å². The Morgan fingerprint density at radius 2 is 2.17 bits per heavy atom. The van der Waals surface area contributed by atoms with E-state index in [2.05, 4.69) is 25.4 Å². The van der Waals surface area contributed by atoms with Crippen molar-refractivity contribution in [1.82, 2.24) is 0 Å². The molecule has 0 aromatic heterocycles. The summed E-state index contributed by atoms with van der Waals surface area (Å²) in [5, 5.41) is 10.4. The molecule has 0 spiro atoms. The van der Waals surface area contributed by atoms with Crippen LogP contribution in [0.25, 0.3) is 0 Å². The summed E-state index contributed by atoms with van der Waals surface area (Å²) in [5.41, 5.74) is 1.54. The number of aliphatic hydroxyl groups is 1. The van der Waals surface area contributed by atoms with Gasteiger partial charge in [0, 0.05) is 12.3 Å². The Morgan fingerprint density at radius 1 is 1.44 bits per heavy atom. The Balaban J connectivity index is 2.52. The highest BCUT2D eigenvalue weighted by atomic mass is 16.3. The van der Waals surface area contributed by atoms with Crippen molar-refractivity contribution >= 4 is 5.71 Å². The summed E-state index contributed by atoms with van der Waals surface area (Å²) in [5.74, 6) is 0.514. The Bertz CT molecular complexity index is 304. The van der Waals surface area contributed by atoms with Gasteiger partial charge in [0.15, 0.2) is 0 Å². The summed E-state index contributed by atoms with van der Waals surface area (Å²) < 4.78 is 0. The van der Waals surface area contributed by atoms with Gasteiger partial charge in [-0.05, 0) is 45.4 Å². The molecule has 18 heavy (non-hydrogen) atoms. The maximum Gasteiger partial charge on any atom is 0.0994 e. The fourth-order valence-electron chi connectivity index (χ4n) is 2.56. The third-order valence-corrected chi connectivity index (χ3v) is 4.05. The van der Waals surface area contributed by atoms with E-state index in [9.17, 15) is 5.11 Å². The Labute approximate surface area is 112 Å². The standard InChI is InChI=1S/C16H29NO/c1-5-6-7-8-11-17-15-12-14(13(2)3)9-10-16(15,4)18/h14,18H,2,5-12H2,1,3-4H3/t14-,16+/m0/s1. The number of hydrogen-bond acceptors (Lipinski definition) is 2. The molecule has 0 aromatic carbocycles. The lowest BCUT2D eigenvalue weighted by Gasteiger charge is -2.35. The van der Waals surface area contributed by atoms with Crippen LogP contribution < -0.4 is 0 Å². The fourth-order valence-corrected chi connectivity index (χ4v) is 2.56. The molecule has 0 radical (unpaired) electrons. The van der Waals surface area contributed by atoms with Crippen LogP contribution in [0.2, 0.25) is 0 Å². The zero-order chi connectivity index (χ0) is 13.6. The smallest absolute Gasteiger partial charge is 0.0994 e. The SMILES string of the molecule is C=C(C)[C@H]1CC[C@@](C)(O)C(=NCCCCCC)C1. The molecule has 0 aliphatic heterocycles. The van der Waals surface area contributed by atoms with Crippen molar-refractivity contribution in [2.45, 2.75) is 71.3 Å². The second kappa shape index (κ2) is 7.08. The number of rotatable bonds is 6. The molecule has 104 valence electrons. The summed E-state index contributed by atoms with van der Waals surface area (Å²) in [7, 11) is 0. The molecule has 1 aliphatic carbocycles. The minimum Gasteiger partial charge on any atom is -0.384 e. The molecule has 1 fully saturated rings. The van der Waals surface area contributed by atoms with Crippen molar-refractivity contribution in [1.29, 1.82) is 0 Å². The van der Waals surface area contributed by atoms with Gasteiger partial charge in [-0.25, -0.2) is 0 Å². The van der Waals surface area contributed by atoms with Crippen LogP contribution in [0.4, 0.5) is 0 Å². The maximum atomic E-state index is 10.4. The predicted octanol–water partition coefficient (Wildman–Crippen LogP) is 4.13. The van der Waals surface area contributed by atoms with Crippen molar-refractivity contribution in [3.8, 4) is 0 Å². The Morgan fingerprint density at radius 3 is 2.78 bits per heavy atom. The van der Waals surface area contributed by atoms with Crippen molar-refractivity contribution in [2.75, 3.05) is 6.54 Å². The molecule has 2 nitrogen and oxygen atoms in total. The molecule has 1 N–H and O–H groups in total. The van der Waals surface area contributed by atoms with Crippen LogP contribution in [0.3, 0.4) is 0 Å². The Hall–Kier alpha value is -0.630. The average Bonchev–Trinajstić information content (AvgIpc) is 2.30. The van der Waals surface area contributed by atoms with E-state index >= 15 is 0 Å². The van der Waals surface area contributed by atoms with Crippen molar-refractivity contribution in [2.24, 2.45) is 10.9 Å². The lowest BCUT2D eigenvalue weighted by atomic mass is 9.76. The molecule has 1 aliphatic rings. The molecule has 0 aromatic rings. The molecule has 0 heterocycles. The lowest BCUT2D eigenvalue weighted by molar-refractivity contribution is 0.101. The summed E-state index contributed by atoms with van der Waals surface area (Å²) in [4.78, 5) is 4.67. The quantitative estimate of drug-likeness (QED) is 0.558. The van der Waals surface area contributed by atoms with Crippen LogP contribution in [-0.4, -0.2) is 23.0 Å². The summed E-state index contributed by atoms with van der Waals surface area (Å²) in [6.07, 6.45) is 7.69. The van der Waals surface area contributed by atoms with Gasteiger partial charge in [-0.2, -0.15) is 0 Å². The summed E-state index contributed by atoms with van der Waals surface area (Å²) in [6.45, 7) is 11.1. The van der Waals surface area contributed by atoms with Gasteiger partial charge in [-0.15, -0.1) is 0 Å². The van der Waals surface area contributed by atoms with E-state index in [1.807, 2.05) is 6.92 Å². The van der Waals surface area contributed by atoms with Gasteiger partial charge in [0.05, 0.1) is 5.60 Å². The molecule has 1 saturated carbocycles. The summed E-state index contributed by atoms with van der Waals surface area (Å²) in [6, 6.07) is 0. The monoisotopic (exact) mass is 251 g/mol. The first-order chi connectivity index (χ1) is 8.47. The molecule has 0 bridgehead atoms. The highest BCUT2D eigenvalue weighted by molar-refractivity contribution is 5.93. The van der Waals surface area contributed by atoms with Gasteiger partial charge < -0.3 is 5.11 Å². The second-order valence-electron chi connectivity index (χ2n) is 5.95. The maximum absolute atomic E-state index is 10.4. The van der Waals surface area contributed by atoms with Crippen molar-refractivity contribution < 1.29 is 5.11 Å². The van der Waals surface area contributed by atoms with Crippen LogP contribution in [0.5, 0.6) is 0 Å². The van der Waals surface area contributed by atoms with E-state index in [4.69, 9.17) is 0 Å². The highest BCUT2D eigenvalue weighted by Crippen LogP contribution is 2.33. The third-order valence-electron chi connectivity index (χ3n) is 4.05. The zero-order valence-corrected chi connectivity index (χ0v) is 12.3. The van der Waals surface area contributed by atoms with Crippen LogP contribution in [-0.2, 0) is 0 Å². The molecule has 1 rings (SSSR count). The van der Waals surface area contributed by atoms with Crippen LogP contribution >= 0.6 is 0 Å². The number of nitrogens with zero attached hydrogens (tertiary/aromatic N) is 1. The normalized spacial score (nSPS) is 30.7. The van der Waals surface area contributed by atoms with Gasteiger partial charge in [0.25, 0.3) is 0 Å². The van der Waals surface area contributed by atoms with E-state index in [-0.39, 0.29) is 0 Å². The fraction of sp³-hybridized carbons (Fsp3) is 0.812. The predicted molar refractivity (Wildman–Crippen MR) is 79.2 cm³/mol. The van der Waals surface area contributed by atoms with E-state index in [1.54, 1.807) is 0 Å². The molecule has 0 saturated heterocycles. The molecule has 0 amide bonds. The van der Waals surface area contributed by atoms with E-state index in [1.165, 1.54) is 24.8 Å². The first-order valence-corrected chi connectivity index (χ1v) is 7.39. The minimum atomic E-state index is -0.684. The lowest BCUT2D eigenvalue weighted by Crippen LogP contribution is -2.41. The van der Waals surface area contributed by atoms with Gasteiger partial charge in [0.2, 0.25) is 0 Å². The van der Waals surface area contributed by atoms with Crippen molar-refractivity contribution in [3.63, 3.8) is 0 Å². The largest absolute Gasteiger partial charge is 0.384 e. The molecule has 2 atom stereocenters. The topological polar surface area (TPSA) is 32.6 Å². The van der Waals surface area contributed by atoms with Gasteiger partial charge in [-0.3, -0.25) is 4.99 Å². The third kappa shape index (κ3) is 4.56. The van der Waals surface area contributed by atoms with E-state index < -0.39 is 5.60 Å². The van der Waals surface area contributed by atoms with Crippen LogP contribution in [0.15, 0.2) is 17.1 Å². The Kier molecular flexibility index (Phi) is 6.07. The molecule has 0 unspecified atom stereocenters. The minimum absolute atomic E-state index is 0.514. The number of hydrogen-bond donors (Lipinski definition) is 1. The van der Waals surface area contributed by atoms with E-state index in [0.29, 0.717) is 5.92 Å². The van der Waals surface area contributed by atoms with Gasteiger partial charge in [-0.1, -0.05) is 38.3 Å². The van der Waals surface area contributed by atoms with Crippen molar-refractivity contribution in [3.05, 3.63) is 12.2 Å². The number of unbranched alkanes of at least 4 members (excludes halogenated alkanes) is 3. The first kappa shape index (κ1) is 15.4. The van der Waals surface area contributed by atoms with Crippen LogP contribution in [0, 0.1) is 5.92 Å². The average molecular weight is 251 g/mol. The number of allylic oxidation sites excluding steroid dienone is 1. The molecule has 2 heteroatoms. The van der Waals surface area contributed by atoms with Gasteiger partial charge in [0.1, 0.15) is 0 Å². The van der Waals surface area contributed by atoms with Gasteiger partial charge >= 0.3 is 0 Å². The zero-order valence-electron chi connectivity index (χ0n) is 12.3. The highest BCUT2D eigenvalue weighted by Gasteiger charge is 2.34.